The SMILES string of the molecule is ClN(Cl)C1CCCCC1.NCC(=O)O.NCC(=O)O.[Pt]. The van der Waals surface area contributed by atoms with E-state index in [9.17, 15) is 9.59 Å². The Morgan fingerprint density at radius 2 is 1.30 bits per heavy atom. The number of carboxylic acids is 2. The zero-order valence-electron chi connectivity index (χ0n) is 10.9. The molecule has 1 aliphatic carbocycles. The van der Waals surface area contributed by atoms with Crippen LogP contribution in [-0.2, 0) is 30.7 Å². The fourth-order valence-electron chi connectivity index (χ4n) is 1.28. The monoisotopic (exact) mass is 512 g/mol. The van der Waals surface area contributed by atoms with E-state index in [-0.39, 0.29) is 34.2 Å². The second-order valence-electron chi connectivity index (χ2n) is 3.75. The Balaban J connectivity index is -0.000000230. The third-order valence-electron chi connectivity index (χ3n) is 2.20. The van der Waals surface area contributed by atoms with Gasteiger partial charge in [-0.05, 0) is 36.4 Å². The van der Waals surface area contributed by atoms with Crippen molar-refractivity contribution in [3.8, 4) is 0 Å². The summed E-state index contributed by atoms with van der Waals surface area (Å²) >= 11 is 11.1. The van der Waals surface area contributed by atoms with Crippen LogP contribution in [0.15, 0.2) is 0 Å². The van der Waals surface area contributed by atoms with Crippen LogP contribution in [0.4, 0.5) is 0 Å². The van der Waals surface area contributed by atoms with Crippen LogP contribution in [0.2, 0.25) is 0 Å². The Morgan fingerprint density at radius 3 is 1.45 bits per heavy atom. The molecule has 124 valence electrons. The van der Waals surface area contributed by atoms with Crippen molar-refractivity contribution in [3.05, 3.63) is 0 Å². The van der Waals surface area contributed by atoms with Crippen molar-refractivity contribution in [2.45, 2.75) is 38.1 Å². The van der Waals surface area contributed by atoms with E-state index >= 15 is 0 Å². The van der Waals surface area contributed by atoms with Crippen LogP contribution in [-0.4, -0.2) is 45.2 Å². The van der Waals surface area contributed by atoms with Gasteiger partial charge in [0.25, 0.3) is 0 Å². The standard InChI is InChI=1S/C6H11Cl2N.2C2H5NO2.Pt/c7-9(8)6-4-2-1-3-5-6;2*3-1-2(4)5;/h6H,1-5H2;2*1,3H2,(H,4,5);. The van der Waals surface area contributed by atoms with Crippen molar-refractivity contribution in [2.75, 3.05) is 13.1 Å². The van der Waals surface area contributed by atoms with Gasteiger partial charge < -0.3 is 21.7 Å². The Kier molecular flexibility index (Phi) is 21.5. The normalized spacial score (nSPS) is 14.1. The van der Waals surface area contributed by atoms with E-state index < -0.39 is 11.9 Å². The van der Waals surface area contributed by atoms with Gasteiger partial charge in [-0.1, -0.05) is 19.3 Å². The zero-order chi connectivity index (χ0) is 15.3. The summed E-state index contributed by atoms with van der Waals surface area (Å²) in [6.07, 6.45) is 6.22. The predicted octanol–water partition coefficient (Wildman–Crippen LogP) is 0.986. The Morgan fingerprint density at radius 1 is 1.00 bits per heavy atom. The summed E-state index contributed by atoms with van der Waals surface area (Å²) in [6.45, 7) is -0.556. The number of hydrogen-bond acceptors (Lipinski definition) is 5. The summed E-state index contributed by atoms with van der Waals surface area (Å²) in [6, 6.07) is 0.419. The largest absolute Gasteiger partial charge is 0.480 e. The molecule has 0 aromatic carbocycles. The Hall–Kier alpha value is 0.0883. The van der Waals surface area contributed by atoms with E-state index in [1.165, 1.54) is 23.2 Å². The molecule has 1 saturated carbocycles. The van der Waals surface area contributed by atoms with Gasteiger partial charge in [0.05, 0.1) is 13.1 Å². The van der Waals surface area contributed by atoms with Crippen molar-refractivity contribution in [2.24, 2.45) is 11.5 Å². The maximum atomic E-state index is 9.24. The molecule has 0 spiro atoms. The Labute approximate surface area is 143 Å². The fraction of sp³-hybridized carbons (Fsp3) is 0.800. The summed E-state index contributed by atoms with van der Waals surface area (Å²) in [5, 5.41) is 15.2. The smallest absolute Gasteiger partial charge is 0.317 e. The van der Waals surface area contributed by atoms with Crippen molar-refractivity contribution >= 4 is 35.5 Å². The predicted molar refractivity (Wildman–Crippen MR) is 73.8 cm³/mol. The number of hydrogen-bond donors (Lipinski definition) is 4. The molecule has 1 fully saturated rings. The van der Waals surface area contributed by atoms with Gasteiger partial charge in [0, 0.05) is 27.1 Å². The van der Waals surface area contributed by atoms with E-state index in [0.29, 0.717) is 6.04 Å². The molecule has 0 unspecified atom stereocenters. The van der Waals surface area contributed by atoms with Gasteiger partial charge >= 0.3 is 11.9 Å². The van der Waals surface area contributed by atoms with Crippen molar-refractivity contribution in [1.29, 1.82) is 0 Å². The van der Waals surface area contributed by atoms with Crippen LogP contribution in [0.5, 0.6) is 0 Å². The van der Waals surface area contributed by atoms with E-state index in [0.717, 1.165) is 12.8 Å². The molecule has 10 heteroatoms. The van der Waals surface area contributed by atoms with Gasteiger partial charge in [0.1, 0.15) is 0 Å². The number of carbonyl (C=O) groups is 2. The van der Waals surface area contributed by atoms with Crippen LogP contribution in [0, 0.1) is 0 Å². The summed E-state index contributed by atoms with van der Waals surface area (Å²) in [5.74, 6) is -1.94. The number of nitrogens with zero attached hydrogens (tertiary/aromatic N) is 1. The van der Waals surface area contributed by atoms with Gasteiger partial charge in [-0.3, -0.25) is 9.59 Å². The second kappa shape index (κ2) is 17.1. The minimum Gasteiger partial charge on any atom is -0.480 e. The number of nitrogens with two attached hydrogens (primary N) is 2. The number of rotatable bonds is 3. The van der Waals surface area contributed by atoms with Gasteiger partial charge in [-0.15, -0.1) is 3.94 Å². The van der Waals surface area contributed by atoms with Crippen LogP contribution in [0.25, 0.3) is 0 Å². The summed E-state index contributed by atoms with van der Waals surface area (Å²) in [4.78, 5) is 18.5. The third kappa shape index (κ3) is 20.4. The van der Waals surface area contributed by atoms with Crippen LogP contribution < -0.4 is 11.5 Å². The molecule has 0 atom stereocenters. The first-order chi connectivity index (χ1) is 8.84. The van der Waals surface area contributed by atoms with Crippen molar-refractivity contribution in [1.82, 2.24) is 3.94 Å². The van der Waals surface area contributed by atoms with E-state index in [4.69, 9.17) is 33.8 Å². The number of halogens is 2. The molecule has 0 heterocycles. The number of aliphatic carboxylic acids is 2. The maximum Gasteiger partial charge on any atom is 0.317 e. The minimum absolute atomic E-state index is 0. The maximum absolute atomic E-state index is 9.24. The molecule has 0 radical (unpaired) electrons. The summed E-state index contributed by atoms with van der Waals surface area (Å²) < 4.78 is 1.30. The molecule has 0 bridgehead atoms. The molecular formula is C10H21Cl2N3O4Pt. The molecule has 6 N–H and O–H groups in total. The van der Waals surface area contributed by atoms with Gasteiger partial charge in [-0.2, -0.15) is 0 Å². The van der Waals surface area contributed by atoms with Gasteiger partial charge in [0.15, 0.2) is 0 Å². The molecule has 0 aromatic rings. The molecule has 1 rings (SSSR count). The average molecular weight is 513 g/mol. The molecule has 0 aromatic heterocycles. The number of carboxylic acid groups (broad SMARTS) is 2. The molecule has 20 heavy (non-hydrogen) atoms. The second-order valence-corrected chi connectivity index (χ2v) is 4.65. The third-order valence-corrected chi connectivity index (χ3v) is 2.75. The molecule has 0 saturated heterocycles. The summed E-state index contributed by atoms with van der Waals surface area (Å²) in [5.41, 5.74) is 9.14. The van der Waals surface area contributed by atoms with Crippen LogP contribution in [0.1, 0.15) is 32.1 Å². The molecule has 7 nitrogen and oxygen atoms in total. The average Bonchev–Trinajstić information content (AvgIpc) is 2.41. The summed E-state index contributed by atoms with van der Waals surface area (Å²) in [7, 11) is 0. The molecular weight excluding hydrogens is 492 g/mol. The zero-order valence-corrected chi connectivity index (χ0v) is 14.7. The first-order valence-corrected chi connectivity index (χ1v) is 6.47. The molecule has 0 amide bonds. The first kappa shape index (κ1) is 25.1. The van der Waals surface area contributed by atoms with E-state index in [2.05, 4.69) is 11.5 Å². The molecule has 1 aliphatic rings. The van der Waals surface area contributed by atoms with Crippen molar-refractivity contribution in [3.63, 3.8) is 0 Å². The molecule has 0 aliphatic heterocycles. The van der Waals surface area contributed by atoms with E-state index in [1.54, 1.807) is 0 Å². The van der Waals surface area contributed by atoms with Crippen molar-refractivity contribution < 1.29 is 40.9 Å². The Bertz CT molecular complexity index is 241. The van der Waals surface area contributed by atoms with Crippen LogP contribution in [0.3, 0.4) is 0 Å². The topological polar surface area (TPSA) is 130 Å². The fourth-order valence-corrected chi connectivity index (χ4v) is 1.67. The minimum atomic E-state index is -0.968. The quantitative estimate of drug-likeness (QED) is 0.415. The first-order valence-electron chi connectivity index (χ1n) is 5.79. The van der Waals surface area contributed by atoms with Crippen LogP contribution >= 0.6 is 23.6 Å². The van der Waals surface area contributed by atoms with E-state index in [1.807, 2.05) is 0 Å². The van der Waals surface area contributed by atoms with Gasteiger partial charge in [0.2, 0.25) is 0 Å². The van der Waals surface area contributed by atoms with Gasteiger partial charge in [-0.25, -0.2) is 0 Å².